The molecule has 1 amide bonds. The topological polar surface area (TPSA) is 75.6 Å². The van der Waals surface area contributed by atoms with Gasteiger partial charge in [-0.3, -0.25) is 9.89 Å². The number of rotatable bonds is 5. The quantitative estimate of drug-likeness (QED) is 0.757. The van der Waals surface area contributed by atoms with Crippen molar-refractivity contribution >= 4 is 5.91 Å². The van der Waals surface area contributed by atoms with Crippen molar-refractivity contribution in [2.75, 3.05) is 0 Å². The molecule has 6 nitrogen and oxygen atoms in total. The van der Waals surface area contributed by atoms with Gasteiger partial charge < -0.3 is 9.88 Å². The molecule has 0 aliphatic rings. The Morgan fingerprint density at radius 1 is 1.33 bits per heavy atom. The van der Waals surface area contributed by atoms with Crippen LogP contribution in [0, 0.1) is 6.92 Å². The van der Waals surface area contributed by atoms with Crippen LogP contribution in [-0.2, 0) is 13.5 Å². The molecule has 6 heteroatoms. The molecule has 0 radical (unpaired) electrons. The second-order valence-electron chi connectivity index (χ2n) is 6.09. The number of carbonyl (C=O) groups is 1. The highest BCUT2D eigenvalue weighted by Gasteiger charge is 2.12. The van der Waals surface area contributed by atoms with Gasteiger partial charge in [0.2, 0.25) is 0 Å². The van der Waals surface area contributed by atoms with Crippen LogP contribution in [0.2, 0.25) is 0 Å². The number of amides is 1. The van der Waals surface area contributed by atoms with Gasteiger partial charge in [-0.25, -0.2) is 4.98 Å². The molecule has 2 aromatic heterocycles. The van der Waals surface area contributed by atoms with E-state index in [-0.39, 0.29) is 11.9 Å². The van der Waals surface area contributed by atoms with Crippen LogP contribution in [0.15, 0.2) is 42.9 Å². The fraction of sp³-hybridized carbons (Fsp3) is 0.278. The summed E-state index contributed by atoms with van der Waals surface area (Å²) in [5.74, 6) is -0.0775. The highest BCUT2D eigenvalue weighted by Crippen LogP contribution is 2.18. The first-order valence-electron chi connectivity index (χ1n) is 7.91. The normalized spacial score (nSPS) is 12.1. The van der Waals surface area contributed by atoms with Crippen LogP contribution in [0.3, 0.4) is 0 Å². The van der Waals surface area contributed by atoms with Crippen LogP contribution >= 0.6 is 0 Å². The zero-order valence-corrected chi connectivity index (χ0v) is 14.1. The lowest BCUT2D eigenvalue weighted by Gasteiger charge is -2.13. The second kappa shape index (κ2) is 6.70. The van der Waals surface area contributed by atoms with E-state index in [1.165, 1.54) is 0 Å². The van der Waals surface area contributed by atoms with E-state index in [9.17, 15) is 4.79 Å². The molecule has 0 spiro atoms. The van der Waals surface area contributed by atoms with Crippen LogP contribution in [0.5, 0.6) is 0 Å². The highest BCUT2D eigenvalue weighted by molar-refractivity contribution is 5.94. The molecule has 0 unspecified atom stereocenters. The summed E-state index contributed by atoms with van der Waals surface area (Å²) in [5.41, 5.74) is 4.67. The Labute approximate surface area is 140 Å². The number of aryl methyl sites for hydroxylation is 2. The Kier molecular flexibility index (Phi) is 4.46. The van der Waals surface area contributed by atoms with Gasteiger partial charge in [0, 0.05) is 30.8 Å². The molecule has 0 aliphatic carbocycles. The van der Waals surface area contributed by atoms with Crippen molar-refractivity contribution in [3.63, 3.8) is 0 Å². The van der Waals surface area contributed by atoms with Crippen molar-refractivity contribution in [2.45, 2.75) is 26.3 Å². The molecule has 3 rings (SSSR count). The van der Waals surface area contributed by atoms with Gasteiger partial charge in [0.25, 0.3) is 5.91 Å². The lowest BCUT2D eigenvalue weighted by atomic mass is 10.1. The molecule has 0 saturated carbocycles. The first kappa shape index (κ1) is 16.0. The Bertz CT molecular complexity index is 831. The number of aromatic amines is 1. The van der Waals surface area contributed by atoms with E-state index >= 15 is 0 Å². The Morgan fingerprint density at radius 3 is 2.67 bits per heavy atom. The number of hydrogen-bond acceptors (Lipinski definition) is 3. The molecular formula is C18H21N5O. The average molecular weight is 323 g/mol. The Balaban J connectivity index is 1.63. The minimum Gasteiger partial charge on any atom is -0.349 e. The molecule has 0 fully saturated rings. The third kappa shape index (κ3) is 3.53. The van der Waals surface area contributed by atoms with E-state index in [1.807, 2.05) is 62.0 Å². The molecule has 24 heavy (non-hydrogen) atoms. The molecule has 0 saturated heterocycles. The van der Waals surface area contributed by atoms with E-state index in [1.54, 1.807) is 6.33 Å². The number of nitrogens with one attached hydrogen (secondary N) is 2. The van der Waals surface area contributed by atoms with Gasteiger partial charge in [0.05, 0.1) is 23.9 Å². The van der Waals surface area contributed by atoms with Crippen LogP contribution in [0.4, 0.5) is 0 Å². The van der Waals surface area contributed by atoms with Crippen molar-refractivity contribution in [1.82, 2.24) is 25.1 Å². The number of H-pyrrole nitrogens is 1. The summed E-state index contributed by atoms with van der Waals surface area (Å²) in [4.78, 5) is 16.5. The molecule has 2 N–H and O–H groups in total. The summed E-state index contributed by atoms with van der Waals surface area (Å²) >= 11 is 0. The zero-order chi connectivity index (χ0) is 17.1. The third-order valence-corrected chi connectivity index (χ3v) is 3.91. The van der Waals surface area contributed by atoms with Crippen LogP contribution < -0.4 is 5.32 Å². The summed E-state index contributed by atoms with van der Waals surface area (Å²) in [6, 6.07) is 9.55. The molecular weight excluding hydrogens is 302 g/mol. The minimum absolute atomic E-state index is 0.0111. The number of carbonyl (C=O) groups excluding carboxylic acids is 1. The van der Waals surface area contributed by atoms with E-state index < -0.39 is 0 Å². The van der Waals surface area contributed by atoms with Crippen LogP contribution in [0.25, 0.3) is 11.3 Å². The van der Waals surface area contributed by atoms with Gasteiger partial charge in [-0.1, -0.05) is 12.1 Å². The van der Waals surface area contributed by atoms with Gasteiger partial charge in [-0.2, -0.15) is 5.10 Å². The summed E-state index contributed by atoms with van der Waals surface area (Å²) < 4.78 is 1.95. The van der Waals surface area contributed by atoms with Gasteiger partial charge in [-0.05, 0) is 37.6 Å². The smallest absolute Gasteiger partial charge is 0.251 e. The molecule has 2 heterocycles. The second-order valence-corrected chi connectivity index (χ2v) is 6.09. The molecule has 3 aromatic rings. The maximum atomic E-state index is 12.4. The number of nitrogens with zero attached hydrogens (tertiary/aromatic N) is 3. The molecule has 0 aliphatic heterocycles. The predicted molar refractivity (Wildman–Crippen MR) is 92.6 cm³/mol. The summed E-state index contributed by atoms with van der Waals surface area (Å²) in [6.07, 6.45) is 4.26. The van der Waals surface area contributed by atoms with Gasteiger partial charge in [0.1, 0.15) is 0 Å². The summed E-state index contributed by atoms with van der Waals surface area (Å²) in [5, 5.41) is 10.1. The van der Waals surface area contributed by atoms with Gasteiger partial charge >= 0.3 is 0 Å². The Morgan fingerprint density at radius 2 is 2.08 bits per heavy atom. The monoisotopic (exact) mass is 323 g/mol. The van der Waals surface area contributed by atoms with E-state index in [2.05, 4.69) is 20.5 Å². The van der Waals surface area contributed by atoms with E-state index in [4.69, 9.17) is 0 Å². The SMILES string of the molecule is Cc1cc(C[C@@H](C)NC(=O)c2ccc(-c3cncn3C)cc2)n[nH]1. The minimum atomic E-state index is -0.0775. The van der Waals surface area contributed by atoms with Crippen LogP contribution in [-0.4, -0.2) is 31.7 Å². The first-order chi connectivity index (χ1) is 11.5. The molecule has 1 aromatic carbocycles. The van der Waals surface area contributed by atoms with Crippen molar-refractivity contribution < 1.29 is 4.79 Å². The van der Waals surface area contributed by atoms with Crippen molar-refractivity contribution in [3.8, 4) is 11.3 Å². The average Bonchev–Trinajstić information content (AvgIpc) is 3.15. The van der Waals surface area contributed by atoms with Gasteiger partial charge in [-0.15, -0.1) is 0 Å². The van der Waals surface area contributed by atoms with Crippen molar-refractivity contribution in [1.29, 1.82) is 0 Å². The lowest BCUT2D eigenvalue weighted by Crippen LogP contribution is -2.34. The van der Waals surface area contributed by atoms with Crippen LogP contribution in [0.1, 0.15) is 28.7 Å². The zero-order valence-electron chi connectivity index (χ0n) is 14.1. The molecule has 1 atom stereocenters. The number of hydrogen-bond donors (Lipinski definition) is 2. The molecule has 0 bridgehead atoms. The summed E-state index contributed by atoms with van der Waals surface area (Å²) in [7, 11) is 1.95. The fourth-order valence-corrected chi connectivity index (χ4v) is 2.68. The van der Waals surface area contributed by atoms with E-state index in [0.29, 0.717) is 12.0 Å². The van der Waals surface area contributed by atoms with Crippen molar-refractivity contribution in [3.05, 3.63) is 59.8 Å². The highest BCUT2D eigenvalue weighted by atomic mass is 16.1. The maximum absolute atomic E-state index is 12.4. The van der Waals surface area contributed by atoms with Crippen molar-refractivity contribution in [2.24, 2.45) is 7.05 Å². The van der Waals surface area contributed by atoms with E-state index in [0.717, 1.165) is 22.6 Å². The molecule has 124 valence electrons. The van der Waals surface area contributed by atoms with Gasteiger partial charge in [0.15, 0.2) is 0 Å². The summed E-state index contributed by atoms with van der Waals surface area (Å²) in [6.45, 7) is 3.94. The Hall–Kier alpha value is -2.89. The number of aromatic nitrogens is 4. The fourth-order valence-electron chi connectivity index (χ4n) is 2.68. The number of benzene rings is 1. The largest absolute Gasteiger partial charge is 0.349 e. The lowest BCUT2D eigenvalue weighted by molar-refractivity contribution is 0.0940. The third-order valence-electron chi connectivity index (χ3n) is 3.91. The number of imidazole rings is 1. The maximum Gasteiger partial charge on any atom is 0.251 e. The standard InChI is InChI=1S/C18H21N5O/c1-12(8-16-9-13(2)21-22-16)20-18(24)15-6-4-14(5-7-15)17-10-19-11-23(17)3/h4-7,9-12H,8H2,1-3H3,(H,20,24)(H,21,22)/t12-/m1/s1. The predicted octanol–water partition coefficient (Wildman–Crippen LogP) is 2.48. The first-order valence-corrected chi connectivity index (χ1v) is 7.91.